The van der Waals surface area contributed by atoms with E-state index in [-0.39, 0.29) is 29.1 Å². The average Bonchev–Trinajstić information content (AvgIpc) is 2.99. The predicted octanol–water partition coefficient (Wildman–Crippen LogP) is 2.60. The van der Waals surface area contributed by atoms with Crippen LogP contribution in [0, 0.1) is 19.8 Å². The van der Waals surface area contributed by atoms with E-state index in [9.17, 15) is 14.4 Å². The summed E-state index contributed by atoms with van der Waals surface area (Å²) >= 11 is 2.82. The molecule has 0 N–H and O–H groups in total. The molecule has 2 aromatic rings. The minimum atomic E-state index is -0.201. The number of piperidine rings is 1. The molecular formula is C19H25N3O4S2. The summed E-state index contributed by atoms with van der Waals surface area (Å²) in [6.07, 6.45) is 1.25. The number of nitrogens with zero attached hydrogens (tertiary/aromatic N) is 3. The Morgan fingerprint density at radius 3 is 2.57 bits per heavy atom. The fraction of sp³-hybridized carbons (Fsp3) is 0.579. The van der Waals surface area contributed by atoms with Gasteiger partial charge in [-0.2, -0.15) is 0 Å². The molecule has 0 saturated carbocycles. The lowest BCUT2D eigenvalue weighted by molar-refractivity contribution is -0.148. The molecule has 7 nitrogen and oxygen atoms in total. The highest BCUT2D eigenvalue weighted by Crippen LogP contribution is 2.28. The summed E-state index contributed by atoms with van der Waals surface area (Å²) in [5.74, 6) is -0.0952. The number of hydrogen-bond acceptors (Lipinski definition) is 7. The Morgan fingerprint density at radius 2 is 1.96 bits per heavy atom. The molecule has 1 amide bonds. The molecule has 1 aliphatic rings. The van der Waals surface area contributed by atoms with Crippen LogP contribution in [0.1, 0.15) is 30.2 Å². The van der Waals surface area contributed by atoms with Crippen LogP contribution in [0.15, 0.2) is 9.95 Å². The van der Waals surface area contributed by atoms with Crippen LogP contribution in [0.3, 0.4) is 0 Å². The van der Waals surface area contributed by atoms with E-state index in [1.165, 1.54) is 30.2 Å². The topological polar surface area (TPSA) is 81.5 Å². The van der Waals surface area contributed by atoms with E-state index in [4.69, 9.17) is 4.74 Å². The number of aromatic nitrogens is 2. The smallest absolute Gasteiger partial charge is 0.308 e. The van der Waals surface area contributed by atoms with Crippen LogP contribution >= 0.6 is 23.1 Å². The SMILES string of the molecule is CCn1c(SCC(=O)N2CCC(C(=O)OC)CC2)nc2sc(C)c(C)c2c1=O. The first kappa shape index (κ1) is 20.9. The number of carbonyl (C=O) groups is 2. The van der Waals surface area contributed by atoms with Gasteiger partial charge in [0.05, 0.1) is 24.2 Å². The number of rotatable bonds is 5. The molecule has 0 spiro atoms. The summed E-state index contributed by atoms with van der Waals surface area (Å²) in [6, 6.07) is 0. The number of thiophene rings is 1. The van der Waals surface area contributed by atoms with Crippen molar-refractivity contribution in [2.24, 2.45) is 5.92 Å². The second-order valence-electron chi connectivity index (χ2n) is 6.87. The van der Waals surface area contributed by atoms with Crippen molar-refractivity contribution in [2.75, 3.05) is 26.0 Å². The number of carbonyl (C=O) groups excluding carboxylic acids is 2. The Hall–Kier alpha value is -1.87. The Balaban J connectivity index is 1.71. The van der Waals surface area contributed by atoms with Gasteiger partial charge < -0.3 is 9.64 Å². The van der Waals surface area contributed by atoms with Crippen LogP contribution in [-0.2, 0) is 20.9 Å². The molecule has 9 heteroatoms. The molecule has 2 aromatic heterocycles. The minimum Gasteiger partial charge on any atom is -0.469 e. The molecule has 0 bridgehead atoms. The molecule has 3 rings (SSSR count). The second kappa shape index (κ2) is 8.65. The fourth-order valence-electron chi connectivity index (χ4n) is 3.45. The molecule has 0 radical (unpaired) electrons. The van der Waals surface area contributed by atoms with Crippen molar-refractivity contribution >= 4 is 45.2 Å². The highest BCUT2D eigenvalue weighted by atomic mass is 32.2. The third-order valence-corrected chi connectivity index (χ3v) is 7.34. The van der Waals surface area contributed by atoms with Crippen LogP contribution in [0.2, 0.25) is 0 Å². The summed E-state index contributed by atoms with van der Waals surface area (Å²) in [5.41, 5.74) is 0.948. The van der Waals surface area contributed by atoms with Crippen molar-refractivity contribution in [3.8, 4) is 0 Å². The lowest BCUT2D eigenvalue weighted by Gasteiger charge is -2.30. The van der Waals surface area contributed by atoms with Gasteiger partial charge in [0.25, 0.3) is 5.56 Å². The number of fused-ring (bicyclic) bond motifs is 1. The second-order valence-corrected chi connectivity index (χ2v) is 9.02. The fourth-order valence-corrected chi connectivity index (χ4v) is 5.48. The maximum absolute atomic E-state index is 12.9. The third-order valence-electron chi connectivity index (χ3n) is 5.28. The van der Waals surface area contributed by atoms with Crippen LogP contribution in [0.4, 0.5) is 0 Å². The Kier molecular flexibility index (Phi) is 6.44. The lowest BCUT2D eigenvalue weighted by atomic mass is 9.97. The maximum Gasteiger partial charge on any atom is 0.308 e. The van der Waals surface area contributed by atoms with Crippen molar-refractivity contribution in [1.82, 2.24) is 14.5 Å². The van der Waals surface area contributed by atoms with E-state index in [1.54, 1.807) is 9.47 Å². The molecule has 1 aliphatic heterocycles. The van der Waals surface area contributed by atoms with E-state index in [1.807, 2.05) is 20.8 Å². The van der Waals surface area contributed by atoms with Gasteiger partial charge in [0.1, 0.15) is 4.83 Å². The summed E-state index contributed by atoms with van der Waals surface area (Å²) in [5, 5.41) is 1.27. The van der Waals surface area contributed by atoms with Crippen molar-refractivity contribution in [2.45, 2.75) is 45.3 Å². The van der Waals surface area contributed by atoms with Gasteiger partial charge >= 0.3 is 5.97 Å². The largest absolute Gasteiger partial charge is 0.469 e. The van der Waals surface area contributed by atoms with E-state index < -0.39 is 0 Å². The average molecular weight is 424 g/mol. The monoisotopic (exact) mass is 423 g/mol. The van der Waals surface area contributed by atoms with E-state index in [2.05, 4.69) is 4.98 Å². The number of hydrogen-bond donors (Lipinski definition) is 0. The van der Waals surface area contributed by atoms with Crippen molar-refractivity contribution < 1.29 is 14.3 Å². The molecule has 0 unspecified atom stereocenters. The summed E-state index contributed by atoms with van der Waals surface area (Å²) in [7, 11) is 1.39. The number of amides is 1. The number of aryl methyl sites for hydroxylation is 2. The first-order chi connectivity index (χ1) is 13.4. The van der Waals surface area contributed by atoms with Gasteiger partial charge in [0.15, 0.2) is 5.16 Å². The predicted molar refractivity (Wildman–Crippen MR) is 111 cm³/mol. The summed E-state index contributed by atoms with van der Waals surface area (Å²) in [6.45, 7) is 7.46. The Labute approximate surface area is 172 Å². The summed E-state index contributed by atoms with van der Waals surface area (Å²) < 4.78 is 6.43. The first-order valence-corrected chi connectivity index (χ1v) is 11.2. The number of thioether (sulfide) groups is 1. The molecule has 3 heterocycles. The Bertz CT molecular complexity index is 958. The molecule has 1 fully saturated rings. The van der Waals surface area contributed by atoms with Gasteiger partial charge in [0.2, 0.25) is 5.91 Å². The van der Waals surface area contributed by atoms with Crippen LogP contribution in [0.25, 0.3) is 10.2 Å². The first-order valence-electron chi connectivity index (χ1n) is 9.36. The highest BCUT2D eigenvalue weighted by molar-refractivity contribution is 7.99. The molecule has 0 atom stereocenters. The molecular weight excluding hydrogens is 398 g/mol. The third kappa shape index (κ3) is 3.96. The van der Waals surface area contributed by atoms with Crippen molar-refractivity contribution in [3.05, 3.63) is 20.8 Å². The zero-order valence-corrected chi connectivity index (χ0v) is 18.2. The van der Waals surface area contributed by atoms with Crippen LogP contribution in [-0.4, -0.2) is 52.3 Å². The van der Waals surface area contributed by atoms with Crippen molar-refractivity contribution in [3.63, 3.8) is 0 Å². The van der Waals surface area contributed by atoms with Gasteiger partial charge in [-0.15, -0.1) is 11.3 Å². The van der Waals surface area contributed by atoms with Gasteiger partial charge in [-0.05, 0) is 39.2 Å². The van der Waals surface area contributed by atoms with Gasteiger partial charge in [-0.25, -0.2) is 4.98 Å². The quantitative estimate of drug-likeness (QED) is 0.418. The number of methoxy groups -OCH3 is 1. The minimum absolute atomic E-state index is 0.00357. The standard InChI is InChI=1S/C19H25N3O4S2/c1-5-22-17(24)15-11(2)12(3)28-16(15)20-19(22)27-10-14(23)21-8-6-13(7-9-21)18(25)26-4/h13H,5-10H2,1-4H3. The molecule has 0 aliphatic carbocycles. The normalized spacial score (nSPS) is 15.2. The van der Waals surface area contributed by atoms with E-state index >= 15 is 0 Å². The van der Waals surface area contributed by atoms with Crippen LogP contribution in [0.5, 0.6) is 0 Å². The molecule has 1 saturated heterocycles. The van der Waals surface area contributed by atoms with E-state index in [0.717, 1.165) is 15.3 Å². The lowest BCUT2D eigenvalue weighted by Crippen LogP contribution is -2.41. The van der Waals surface area contributed by atoms with Gasteiger partial charge in [-0.1, -0.05) is 11.8 Å². The van der Waals surface area contributed by atoms with Gasteiger partial charge in [-0.3, -0.25) is 19.0 Å². The molecule has 28 heavy (non-hydrogen) atoms. The number of esters is 1. The highest BCUT2D eigenvalue weighted by Gasteiger charge is 2.28. The zero-order chi connectivity index (χ0) is 20.4. The van der Waals surface area contributed by atoms with Crippen molar-refractivity contribution in [1.29, 1.82) is 0 Å². The summed E-state index contributed by atoms with van der Waals surface area (Å²) in [4.78, 5) is 45.4. The number of ether oxygens (including phenoxy) is 1. The Morgan fingerprint density at radius 1 is 1.29 bits per heavy atom. The zero-order valence-electron chi connectivity index (χ0n) is 16.6. The maximum atomic E-state index is 12.9. The van der Waals surface area contributed by atoms with E-state index in [0.29, 0.717) is 43.0 Å². The van der Waals surface area contributed by atoms with Gasteiger partial charge in [0, 0.05) is 24.5 Å². The number of likely N-dealkylation sites (tertiary alicyclic amines) is 1. The molecule has 0 aromatic carbocycles. The van der Waals surface area contributed by atoms with Crippen LogP contribution < -0.4 is 5.56 Å². The molecule has 152 valence electrons.